The van der Waals surface area contributed by atoms with Gasteiger partial charge in [-0.05, 0) is 11.6 Å². The maximum Gasteiger partial charge on any atom is 0.340 e. The average Bonchev–Trinajstić information content (AvgIpc) is 2.87. The van der Waals surface area contributed by atoms with E-state index in [0.29, 0.717) is 16.9 Å². The van der Waals surface area contributed by atoms with Gasteiger partial charge in [-0.15, -0.1) is 0 Å². The summed E-state index contributed by atoms with van der Waals surface area (Å²) in [6.45, 7) is -0.0276. The van der Waals surface area contributed by atoms with Crippen LogP contribution in [0.5, 0.6) is 17.2 Å². The van der Waals surface area contributed by atoms with Gasteiger partial charge in [-0.3, -0.25) is 0 Å². The van der Waals surface area contributed by atoms with Crippen molar-refractivity contribution in [2.75, 3.05) is 6.79 Å². The molecule has 1 heterocycles. The van der Waals surface area contributed by atoms with E-state index in [1.807, 2.05) is 6.07 Å². The first kappa shape index (κ1) is 11.4. The maximum atomic E-state index is 11.4. The SMILES string of the molecule is O=C(O)c1c(-c2ccccc2)cc2c(c1O)OCO2. The molecule has 2 aromatic carbocycles. The molecule has 0 atom stereocenters. The Kier molecular flexibility index (Phi) is 2.52. The lowest BCUT2D eigenvalue weighted by molar-refractivity contribution is 0.0693. The molecular weight excluding hydrogens is 248 g/mol. The van der Waals surface area contributed by atoms with Crippen molar-refractivity contribution in [3.63, 3.8) is 0 Å². The van der Waals surface area contributed by atoms with E-state index in [1.54, 1.807) is 30.3 Å². The van der Waals surface area contributed by atoms with Gasteiger partial charge in [-0.25, -0.2) is 4.79 Å². The number of hydrogen-bond donors (Lipinski definition) is 2. The van der Waals surface area contributed by atoms with E-state index in [0.717, 1.165) is 0 Å². The van der Waals surface area contributed by atoms with Crippen LogP contribution >= 0.6 is 0 Å². The number of carboxylic acid groups (broad SMARTS) is 1. The number of carboxylic acids is 1. The third-order valence-electron chi connectivity index (χ3n) is 2.94. The highest BCUT2D eigenvalue weighted by atomic mass is 16.7. The van der Waals surface area contributed by atoms with E-state index < -0.39 is 11.7 Å². The van der Waals surface area contributed by atoms with Gasteiger partial charge < -0.3 is 19.7 Å². The quantitative estimate of drug-likeness (QED) is 0.865. The molecule has 0 saturated carbocycles. The largest absolute Gasteiger partial charge is 0.504 e. The second-order valence-corrected chi connectivity index (χ2v) is 4.05. The second-order valence-electron chi connectivity index (χ2n) is 4.05. The number of phenols is 1. The van der Waals surface area contributed by atoms with Crippen molar-refractivity contribution in [2.24, 2.45) is 0 Å². The second kappa shape index (κ2) is 4.20. The number of hydrogen-bond acceptors (Lipinski definition) is 4. The first-order valence-electron chi connectivity index (χ1n) is 5.62. The van der Waals surface area contributed by atoms with Crippen molar-refractivity contribution in [3.8, 4) is 28.4 Å². The van der Waals surface area contributed by atoms with Gasteiger partial charge in [0.1, 0.15) is 5.56 Å². The Morgan fingerprint density at radius 3 is 2.58 bits per heavy atom. The molecule has 1 aliphatic rings. The summed E-state index contributed by atoms with van der Waals surface area (Å²) < 4.78 is 10.3. The molecular formula is C14H10O5. The van der Waals surface area contributed by atoms with E-state index in [9.17, 15) is 15.0 Å². The molecule has 3 rings (SSSR count). The molecule has 0 fully saturated rings. The molecule has 0 amide bonds. The van der Waals surface area contributed by atoms with Gasteiger partial charge in [-0.1, -0.05) is 30.3 Å². The van der Waals surface area contributed by atoms with E-state index in [2.05, 4.69) is 0 Å². The molecule has 2 N–H and O–H groups in total. The van der Waals surface area contributed by atoms with E-state index in [4.69, 9.17) is 9.47 Å². The minimum atomic E-state index is -1.21. The lowest BCUT2D eigenvalue weighted by Gasteiger charge is -2.10. The topological polar surface area (TPSA) is 76.0 Å². The summed E-state index contributed by atoms with van der Waals surface area (Å²) in [5, 5.41) is 19.3. The van der Waals surface area contributed by atoms with Crippen molar-refractivity contribution in [1.29, 1.82) is 0 Å². The number of carbonyl (C=O) groups is 1. The highest BCUT2D eigenvalue weighted by Crippen LogP contribution is 2.46. The van der Waals surface area contributed by atoms with Gasteiger partial charge in [0.25, 0.3) is 0 Å². The predicted octanol–water partition coefficient (Wildman–Crippen LogP) is 2.49. The van der Waals surface area contributed by atoms with Gasteiger partial charge in [-0.2, -0.15) is 0 Å². The van der Waals surface area contributed by atoms with Crippen LogP contribution in [0.25, 0.3) is 11.1 Å². The third kappa shape index (κ3) is 1.76. The Hall–Kier alpha value is -2.69. The molecule has 0 spiro atoms. The van der Waals surface area contributed by atoms with Crippen molar-refractivity contribution in [2.45, 2.75) is 0 Å². The highest BCUT2D eigenvalue weighted by molar-refractivity contribution is 6.00. The van der Waals surface area contributed by atoms with Crippen LogP contribution in [-0.4, -0.2) is 23.0 Å². The third-order valence-corrected chi connectivity index (χ3v) is 2.94. The minimum Gasteiger partial charge on any atom is -0.504 e. The van der Waals surface area contributed by atoms with Gasteiger partial charge in [0.05, 0.1) is 0 Å². The monoisotopic (exact) mass is 258 g/mol. The van der Waals surface area contributed by atoms with Crippen LogP contribution in [0.15, 0.2) is 36.4 Å². The average molecular weight is 258 g/mol. The fraction of sp³-hybridized carbons (Fsp3) is 0.0714. The molecule has 5 heteroatoms. The number of ether oxygens (including phenoxy) is 2. The Bertz CT molecular complexity index is 649. The molecule has 2 aromatic rings. The van der Waals surface area contributed by atoms with Crippen molar-refractivity contribution >= 4 is 5.97 Å². The lowest BCUT2D eigenvalue weighted by atomic mass is 9.98. The van der Waals surface area contributed by atoms with Crippen molar-refractivity contribution < 1.29 is 24.5 Å². The first-order valence-corrected chi connectivity index (χ1v) is 5.62. The molecule has 0 unspecified atom stereocenters. The fourth-order valence-electron chi connectivity index (χ4n) is 2.09. The molecule has 96 valence electrons. The molecule has 0 saturated heterocycles. The molecule has 19 heavy (non-hydrogen) atoms. The van der Waals surface area contributed by atoms with Crippen LogP contribution in [0.3, 0.4) is 0 Å². The zero-order chi connectivity index (χ0) is 13.4. The summed E-state index contributed by atoms with van der Waals surface area (Å²) in [4.78, 5) is 11.4. The van der Waals surface area contributed by atoms with Crippen LogP contribution in [-0.2, 0) is 0 Å². The molecule has 0 aliphatic carbocycles. The van der Waals surface area contributed by atoms with Crippen LogP contribution in [0, 0.1) is 0 Å². The Labute approximate surface area is 108 Å². The highest BCUT2D eigenvalue weighted by Gasteiger charge is 2.27. The van der Waals surface area contributed by atoms with Gasteiger partial charge in [0.2, 0.25) is 12.5 Å². The molecule has 5 nitrogen and oxygen atoms in total. The zero-order valence-corrected chi connectivity index (χ0v) is 9.79. The minimum absolute atomic E-state index is 0.0276. The van der Waals surface area contributed by atoms with E-state index in [-0.39, 0.29) is 18.1 Å². The first-order chi connectivity index (χ1) is 9.18. The van der Waals surface area contributed by atoms with E-state index in [1.165, 1.54) is 0 Å². The van der Waals surface area contributed by atoms with Gasteiger partial charge in [0, 0.05) is 5.56 Å². The number of aromatic carboxylic acids is 1. The van der Waals surface area contributed by atoms with Crippen molar-refractivity contribution in [1.82, 2.24) is 0 Å². The number of fused-ring (bicyclic) bond motifs is 1. The Morgan fingerprint density at radius 2 is 1.89 bits per heavy atom. The molecule has 0 bridgehead atoms. The predicted molar refractivity (Wildman–Crippen MR) is 66.6 cm³/mol. The Morgan fingerprint density at radius 1 is 1.16 bits per heavy atom. The summed E-state index contributed by atoms with van der Waals surface area (Å²) >= 11 is 0. The van der Waals surface area contributed by atoms with Crippen LogP contribution in [0.4, 0.5) is 0 Å². The zero-order valence-electron chi connectivity index (χ0n) is 9.79. The molecule has 1 aliphatic heterocycles. The number of rotatable bonds is 2. The fourth-order valence-corrected chi connectivity index (χ4v) is 2.09. The Balaban J connectivity index is 2.30. The maximum absolute atomic E-state index is 11.4. The summed E-state index contributed by atoms with van der Waals surface area (Å²) in [6.07, 6.45) is 0. The summed E-state index contributed by atoms with van der Waals surface area (Å²) in [5.41, 5.74) is 0.902. The lowest BCUT2D eigenvalue weighted by Crippen LogP contribution is -2.01. The molecule has 0 aromatic heterocycles. The number of benzene rings is 2. The van der Waals surface area contributed by atoms with Gasteiger partial charge >= 0.3 is 5.97 Å². The van der Waals surface area contributed by atoms with Gasteiger partial charge in [0.15, 0.2) is 11.5 Å². The normalized spacial score (nSPS) is 12.4. The van der Waals surface area contributed by atoms with E-state index >= 15 is 0 Å². The van der Waals surface area contributed by atoms with Crippen LogP contribution in [0.1, 0.15) is 10.4 Å². The van der Waals surface area contributed by atoms with Crippen molar-refractivity contribution in [3.05, 3.63) is 42.0 Å². The summed E-state index contributed by atoms with van der Waals surface area (Å²) in [7, 11) is 0. The van der Waals surface area contributed by atoms with Crippen LogP contribution < -0.4 is 9.47 Å². The summed E-state index contributed by atoms with van der Waals surface area (Å²) in [6, 6.07) is 10.5. The smallest absolute Gasteiger partial charge is 0.340 e. The summed E-state index contributed by atoms with van der Waals surface area (Å²) in [5.74, 6) is -1.19. The number of aromatic hydroxyl groups is 1. The molecule has 0 radical (unpaired) electrons. The standard InChI is InChI=1S/C14H10O5/c15-12-11(14(16)17)9(8-4-2-1-3-5-8)6-10-13(12)19-7-18-10/h1-6,15H,7H2,(H,16,17). The van der Waals surface area contributed by atoms with Crippen LogP contribution in [0.2, 0.25) is 0 Å².